The molecule has 0 amide bonds. The van der Waals surface area contributed by atoms with Crippen molar-refractivity contribution in [1.82, 2.24) is 4.98 Å². The minimum absolute atomic E-state index is 0.492. The van der Waals surface area contributed by atoms with Crippen molar-refractivity contribution in [2.75, 3.05) is 0 Å². The molecule has 1 unspecified atom stereocenters. The second kappa shape index (κ2) is 5.27. The molecule has 0 aliphatic heterocycles. The number of halogens is 2. The molecule has 2 rings (SSSR count). The number of nitrogens with zero attached hydrogens (tertiary/aromatic N) is 1. The first-order valence-electron chi connectivity index (χ1n) is 5.56. The van der Waals surface area contributed by atoms with Gasteiger partial charge in [-0.3, -0.25) is 4.98 Å². The number of benzene rings is 1. The Morgan fingerprint density at radius 1 is 1.06 bits per heavy atom. The maximum atomic E-state index is 10.4. The van der Waals surface area contributed by atoms with Crippen LogP contribution in [-0.4, -0.2) is 10.1 Å². The third-order valence-corrected chi connectivity index (χ3v) is 3.39. The SMILES string of the molecule is Cc1ccc(C(O)c2cc(Cl)ccc2Cl)c(C)n1. The van der Waals surface area contributed by atoms with Gasteiger partial charge in [-0.05, 0) is 38.1 Å². The van der Waals surface area contributed by atoms with Crippen LogP contribution < -0.4 is 0 Å². The molecule has 0 fully saturated rings. The summed E-state index contributed by atoms with van der Waals surface area (Å²) in [4.78, 5) is 4.34. The van der Waals surface area contributed by atoms with Crippen molar-refractivity contribution in [2.24, 2.45) is 0 Å². The van der Waals surface area contributed by atoms with Crippen LogP contribution in [0.1, 0.15) is 28.6 Å². The van der Waals surface area contributed by atoms with E-state index < -0.39 is 6.10 Å². The van der Waals surface area contributed by atoms with Gasteiger partial charge in [-0.15, -0.1) is 0 Å². The lowest BCUT2D eigenvalue weighted by atomic mass is 10.00. The molecule has 2 nitrogen and oxygen atoms in total. The molecule has 4 heteroatoms. The summed E-state index contributed by atoms with van der Waals surface area (Å²) in [6.45, 7) is 3.78. The number of hydrogen-bond acceptors (Lipinski definition) is 2. The average Bonchev–Trinajstić information content (AvgIpc) is 2.31. The fraction of sp³-hybridized carbons (Fsp3) is 0.214. The highest BCUT2D eigenvalue weighted by Crippen LogP contribution is 2.31. The van der Waals surface area contributed by atoms with Crippen LogP contribution in [0.3, 0.4) is 0 Å². The van der Waals surface area contributed by atoms with Gasteiger partial charge in [-0.25, -0.2) is 0 Å². The Bertz CT molecular complexity index is 584. The third-order valence-electron chi connectivity index (χ3n) is 2.81. The van der Waals surface area contributed by atoms with Gasteiger partial charge in [0.15, 0.2) is 0 Å². The fourth-order valence-corrected chi connectivity index (χ4v) is 2.28. The maximum Gasteiger partial charge on any atom is 0.107 e. The molecular formula is C14H13Cl2NO. The molecule has 0 bridgehead atoms. The topological polar surface area (TPSA) is 33.1 Å². The number of aliphatic hydroxyl groups excluding tert-OH is 1. The van der Waals surface area contributed by atoms with E-state index >= 15 is 0 Å². The van der Waals surface area contributed by atoms with Gasteiger partial charge in [-0.2, -0.15) is 0 Å². The van der Waals surface area contributed by atoms with Gasteiger partial charge < -0.3 is 5.11 Å². The lowest BCUT2D eigenvalue weighted by Gasteiger charge is -2.15. The molecule has 1 aromatic heterocycles. The summed E-state index contributed by atoms with van der Waals surface area (Å²) >= 11 is 12.0. The zero-order valence-electron chi connectivity index (χ0n) is 10.1. The van der Waals surface area contributed by atoms with Gasteiger partial charge in [0.25, 0.3) is 0 Å². The van der Waals surface area contributed by atoms with E-state index in [0.29, 0.717) is 15.6 Å². The van der Waals surface area contributed by atoms with Gasteiger partial charge in [-0.1, -0.05) is 29.3 Å². The minimum Gasteiger partial charge on any atom is -0.384 e. The molecule has 2 aromatic rings. The first-order valence-corrected chi connectivity index (χ1v) is 6.32. The molecule has 94 valence electrons. The summed E-state index contributed by atoms with van der Waals surface area (Å²) in [5, 5.41) is 11.4. The van der Waals surface area contributed by atoms with Crippen molar-refractivity contribution in [3.05, 3.63) is 62.9 Å². The predicted molar refractivity (Wildman–Crippen MR) is 74.2 cm³/mol. The second-order valence-corrected chi connectivity index (χ2v) is 5.04. The highest BCUT2D eigenvalue weighted by Gasteiger charge is 2.17. The lowest BCUT2D eigenvalue weighted by molar-refractivity contribution is 0.219. The lowest BCUT2D eigenvalue weighted by Crippen LogP contribution is -2.04. The Hall–Kier alpha value is -1.09. The van der Waals surface area contributed by atoms with Crippen molar-refractivity contribution in [2.45, 2.75) is 20.0 Å². The smallest absolute Gasteiger partial charge is 0.107 e. The summed E-state index contributed by atoms with van der Waals surface area (Å²) in [6.07, 6.45) is -0.815. The zero-order valence-corrected chi connectivity index (χ0v) is 11.6. The number of rotatable bonds is 2. The molecule has 0 radical (unpaired) electrons. The van der Waals surface area contributed by atoms with Crippen molar-refractivity contribution in [3.8, 4) is 0 Å². The van der Waals surface area contributed by atoms with E-state index in [2.05, 4.69) is 4.98 Å². The van der Waals surface area contributed by atoms with Crippen LogP contribution in [0.5, 0.6) is 0 Å². The third kappa shape index (κ3) is 2.66. The van der Waals surface area contributed by atoms with Crippen LogP contribution >= 0.6 is 23.2 Å². The average molecular weight is 282 g/mol. The van der Waals surface area contributed by atoms with E-state index in [4.69, 9.17) is 23.2 Å². The molecule has 18 heavy (non-hydrogen) atoms. The molecule has 0 saturated heterocycles. The van der Waals surface area contributed by atoms with Gasteiger partial charge in [0.1, 0.15) is 6.10 Å². The molecule has 0 saturated carbocycles. The summed E-state index contributed by atoms with van der Waals surface area (Å²) in [7, 11) is 0. The normalized spacial score (nSPS) is 12.5. The Kier molecular flexibility index (Phi) is 3.91. The quantitative estimate of drug-likeness (QED) is 0.900. The summed E-state index contributed by atoms with van der Waals surface area (Å²) < 4.78 is 0. The summed E-state index contributed by atoms with van der Waals surface area (Å²) in [5.74, 6) is 0. The fourth-order valence-electron chi connectivity index (χ4n) is 1.88. The highest BCUT2D eigenvalue weighted by atomic mass is 35.5. The summed E-state index contributed by atoms with van der Waals surface area (Å²) in [5.41, 5.74) is 3.04. The Morgan fingerprint density at radius 2 is 1.78 bits per heavy atom. The molecular weight excluding hydrogens is 269 g/mol. The van der Waals surface area contributed by atoms with Gasteiger partial charge in [0, 0.05) is 32.6 Å². The van der Waals surface area contributed by atoms with Crippen molar-refractivity contribution in [3.63, 3.8) is 0 Å². The van der Waals surface area contributed by atoms with Gasteiger partial charge in [0.05, 0.1) is 0 Å². The number of aryl methyl sites for hydroxylation is 2. The predicted octanol–water partition coefficient (Wildman–Crippen LogP) is 4.09. The van der Waals surface area contributed by atoms with Crippen LogP contribution in [0, 0.1) is 13.8 Å². The van der Waals surface area contributed by atoms with Crippen LogP contribution in [0.2, 0.25) is 10.0 Å². The van der Waals surface area contributed by atoms with E-state index in [1.54, 1.807) is 18.2 Å². The van der Waals surface area contributed by atoms with E-state index in [1.807, 2.05) is 26.0 Å². The van der Waals surface area contributed by atoms with E-state index in [0.717, 1.165) is 17.0 Å². The van der Waals surface area contributed by atoms with Crippen LogP contribution in [0.25, 0.3) is 0 Å². The molecule has 0 spiro atoms. The van der Waals surface area contributed by atoms with Gasteiger partial charge in [0.2, 0.25) is 0 Å². The summed E-state index contributed by atoms with van der Waals surface area (Å²) in [6, 6.07) is 8.77. The van der Waals surface area contributed by atoms with Crippen molar-refractivity contribution < 1.29 is 5.11 Å². The van der Waals surface area contributed by atoms with Gasteiger partial charge >= 0.3 is 0 Å². The van der Waals surface area contributed by atoms with Crippen LogP contribution in [-0.2, 0) is 0 Å². The largest absolute Gasteiger partial charge is 0.384 e. The second-order valence-electron chi connectivity index (χ2n) is 4.20. The van der Waals surface area contributed by atoms with Crippen LogP contribution in [0.4, 0.5) is 0 Å². The number of aliphatic hydroxyl groups is 1. The molecule has 0 aliphatic rings. The van der Waals surface area contributed by atoms with Crippen LogP contribution in [0.15, 0.2) is 30.3 Å². The maximum absolute atomic E-state index is 10.4. The first-order chi connectivity index (χ1) is 8.49. The Morgan fingerprint density at radius 3 is 2.44 bits per heavy atom. The minimum atomic E-state index is -0.815. The van der Waals surface area contributed by atoms with Crippen molar-refractivity contribution >= 4 is 23.2 Å². The zero-order chi connectivity index (χ0) is 13.3. The van der Waals surface area contributed by atoms with E-state index in [-0.39, 0.29) is 0 Å². The van der Waals surface area contributed by atoms with Crippen molar-refractivity contribution in [1.29, 1.82) is 0 Å². The standard InChI is InChI=1S/C14H13Cl2NO/c1-8-3-5-11(9(2)17-8)14(18)12-7-10(15)4-6-13(12)16/h3-7,14,18H,1-2H3. The number of pyridine rings is 1. The first kappa shape index (κ1) is 13.3. The highest BCUT2D eigenvalue weighted by molar-refractivity contribution is 6.33. The Labute approximate surface area is 116 Å². The molecule has 1 aromatic carbocycles. The molecule has 1 N–H and O–H groups in total. The van der Waals surface area contributed by atoms with E-state index in [1.165, 1.54) is 0 Å². The van der Waals surface area contributed by atoms with E-state index in [9.17, 15) is 5.11 Å². The Balaban J connectivity index is 2.47. The molecule has 1 heterocycles. The number of hydrogen-bond donors (Lipinski definition) is 1. The molecule has 0 aliphatic carbocycles. The monoisotopic (exact) mass is 281 g/mol. The molecule has 1 atom stereocenters. The number of aromatic nitrogens is 1.